The lowest BCUT2D eigenvalue weighted by atomic mass is 10.0. The van der Waals surface area contributed by atoms with Gasteiger partial charge in [-0.25, -0.2) is 4.98 Å². The van der Waals surface area contributed by atoms with Gasteiger partial charge in [0, 0.05) is 31.4 Å². The second-order valence-corrected chi connectivity index (χ2v) is 4.90. The molecule has 1 fully saturated rings. The third kappa shape index (κ3) is 3.10. The Labute approximate surface area is 108 Å². The van der Waals surface area contributed by atoms with Crippen LogP contribution in [0.25, 0.3) is 0 Å². The summed E-state index contributed by atoms with van der Waals surface area (Å²) in [7, 11) is 0. The van der Waals surface area contributed by atoms with E-state index in [1.54, 1.807) is 12.3 Å². The molecule has 1 aromatic rings. The van der Waals surface area contributed by atoms with Gasteiger partial charge in [0.1, 0.15) is 0 Å². The predicted molar refractivity (Wildman–Crippen MR) is 71.8 cm³/mol. The van der Waals surface area contributed by atoms with Crippen molar-refractivity contribution in [2.24, 2.45) is 11.7 Å². The number of nitrogens with two attached hydrogens (primary N) is 1. The Morgan fingerprint density at radius 1 is 1.61 bits per heavy atom. The minimum atomic E-state index is 0.231. The smallest absolute Gasteiger partial charge is 0.228 e. The van der Waals surface area contributed by atoms with Crippen LogP contribution in [0.15, 0.2) is 12.3 Å². The lowest BCUT2D eigenvalue weighted by Gasteiger charge is -2.18. The molecule has 1 aromatic heterocycles. The van der Waals surface area contributed by atoms with Gasteiger partial charge in [-0.2, -0.15) is 4.98 Å². The molecule has 100 valence electrons. The summed E-state index contributed by atoms with van der Waals surface area (Å²) < 4.78 is 5.53. The van der Waals surface area contributed by atoms with Gasteiger partial charge in [-0.15, -0.1) is 0 Å². The van der Waals surface area contributed by atoms with Gasteiger partial charge >= 0.3 is 0 Å². The van der Waals surface area contributed by atoms with Crippen LogP contribution >= 0.6 is 0 Å². The highest BCUT2D eigenvalue weighted by atomic mass is 16.5. The van der Waals surface area contributed by atoms with E-state index in [0.29, 0.717) is 18.4 Å². The molecule has 5 nitrogen and oxygen atoms in total. The quantitative estimate of drug-likeness (QED) is 0.856. The third-order valence-electron chi connectivity index (χ3n) is 3.32. The van der Waals surface area contributed by atoms with Gasteiger partial charge in [0.15, 0.2) is 0 Å². The minimum Gasteiger partial charge on any atom is -0.478 e. The highest BCUT2D eigenvalue weighted by Gasteiger charge is 2.26. The summed E-state index contributed by atoms with van der Waals surface area (Å²) in [4.78, 5) is 10.9. The van der Waals surface area contributed by atoms with Gasteiger partial charge in [0.2, 0.25) is 11.8 Å². The van der Waals surface area contributed by atoms with Crippen molar-refractivity contribution in [1.82, 2.24) is 9.97 Å². The Bertz CT molecular complexity index is 383. The highest BCUT2D eigenvalue weighted by Crippen LogP contribution is 2.23. The van der Waals surface area contributed by atoms with Crippen LogP contribution in [0.2, 0.25) is 0 Å². The Morgan fingerprint density at radius 2 is 2.44 bits per heavy atom. The number of rotatable bonds is 5. The first-order chi connectivity index (χ1) is 8.70. The first-order valence-corrected chi connectivity index (χ1v) is 6.67. The van der Waals surface area contributed by atoms with E-state index < -0.39 is 0 Å². The summed E-state index contributed by atoms with van der Waals surface area (Å²) in [5.41, 5.74) is 5.94. The molecule has 2 unspecified atom stereocenters. The number of hydrogen-bond donors (Lipinski definition) is 1. The minimum absolute atomic E-state index is 0.231. The molecular formula is C13H22N4O. The van der Waals surface area contributed by atoms with E-state index >= 15 is 0 Å². The Morgan fingerprint density at radius 3 is 3.11 bits per heavy atom. The normalized spacial score (nSPS) is 21.1. The number of nitrogens with zero attached hydrogens (tertiary/aromatic N) is 3. The molecule has 2 N–H and O–H groups in total. The lowest BCUT2D eigenvalue weighted by molar-refractivity contribution is 0.305. The van der Waals surface area contributed by atoms with Crippen molar-refractivity contribution in [3.63, 3.8) is 0 Å². The van der Waals surface area contributed by atoms with Gasteiger partial charge in [-0.3, -0.25) is 0 Å². The summed E-state index contributed by atoms with van der Waals surface area (Å²) in [5, 5.41) is 0. The lowest BCUT2D eigenvalue weighted by Crippen LogP contribution is -2.30. The van der Waals surface area contributed by atoms with Gasteiger partial charge in [-0.1, -0.05) is 6.92 Å². The van der Waals surface area contributed by atoms with Crippen LogP contribution in [0.3, 0.4) is 0 Å². The fourth-order valence-corrected chi connectivity index (χ4v) is 2.17. The SMILES string of the molecule is CCCOc1ccnc(N2CCC(C(C)N)C2)n1. The maximum atomic E-state index is 5.94. The maximum Gasteiger partial charge on any atom is 0.228 e. The second kappa shape index (κ2) is 6.00. The number of hydrogen-bond acceptors (Lipinski definition) is 5. The zero-order chi connectivity index (χ0) is 13.0. The third-order valence-corrected chi connectivity index (χ3v) is 3.32. The molecule has 1 aliphatic rings. The van der Waals surface area contributed by atoms with Crippen molar-refractivity contribution in [3.05, 3.63) is 12.3 Å². The summed E-state index contributed by atoms with van der Waals surface area (Å²) in [6, 6.07) is 2.03. The molecule has 1 saturated heterocycles. The van der Waals surface area contributed by atoms with Crippen LogP contribution in [0.1, 0.15) is 26.7 Å². The van der Waals surface area contributed by atoms with E-state index in [4.69, 9.17) is 10.5 Å². The fraction of sp³-hybridized carbons (Fsp3) is 0.692. The van der Waals surface area contributed by atoms with E-state index in [9.17, 15) is 0 Å². The summed E-state index contributed by atoms with van der Waals surface area (Å²) in [6.45, 7) is 6.75. The zero-order valence-corrected chi connectivity index (χ0v) is 11.2. The molecule has 0 bridgehead atoms. The molecule has 0 radical (unpaired) electrons. The topological polar surface area (TPSA) is 64.3 Å². The van der Waals surface area contributed by atoms with Gasteiger partial charge in [-0.05, 0) is 25.7 Å². The van der Waals surface area contributed by atoms with Crippen LogP contribution in [-0.2, 0) is 0 Å². The van der Waals surface area contributed by atoms with Gasteiger partial charge < -0.3 is 15.4 Å². The predicted octanol–water partition coefficient (Wildman–Crippen LogP) is 1.44. The molecule has 2 rings (SSSR count). The molecule has 0 spiro atoms. The first kappa shape index (κ1) is 13.1. The van der Waals surface area contributed by atoms with Crippen molar-refractivity contribution in [2.75, 3.05) is 24.6 Å². The highest BCUT2D eigenvalue weighted by molar-refractivity contribution is 5.33. The van der Waals surface area contributed by atoms with E-state index in [1.165, 1.54) is 0 Å². The van der Waals surface area contributed by atoms with Gasteiger partial charge in [0.25, 0.3) is 0 Å². The van der Waals surface area contributed by atoms with Crippen molar-refractivity contribution >= 4 is 5.95 Å². The van der Waals surface area contributed by atoms with Crippen molar-refractivity contribution in [1.29, 1.82) is 0 Å². The molecule has 2 heterocycles. The Hall–Kier alpha value is -1.36. The largest absolute Gasteiger partial charge is 0.478 e. The Kier molecular flexibility index (Phi) is 4.36. The summed E-state index contributed by atoms with van der Waals surface area (Å²) >= 11 is 0. The van der Waals surface area contributed by atoms with Crippen LogP contribution in [0.4, 0.5) is 5.95 Å². The molecule has 0 aromatic carbocycles. The monoisotopic (exact) mass is 250 g/mol. The maximum absolute atomic E-state index is 5.94. The fourth-order valence-electron chi connectivity index (χ4n) is 2.17. The number of ether oxygens (including phenoxy) is 1. The average Bonchev–Trinajstić information content (AvgIpc) is 2.86. The first-order valence-electron chi connectivity index (χ1n) is 6.67. The van der Waals surface area contributed by atoms with Crippen molar-refractivity contribution in [2.45, 2.75) is 32.7 Å². The van der Waals surface area contributed by atoms with Crippen LogP contribution in [0, 0.1) is 5.92 Å². The van der Waals surface area contributed by atoms with Crippen LogP contribution < -0.4 is 15.4 Å². The van der Waals surface area contributed by atoms with Crippen LogP contribution in [-0.4, -0.2) is 35.7 Å². The standard InChI is InChI=1S/C13H22N4O/c1-3-8-18-12-4-6-15-13(16-12)17-7-5-11(9-17)10(2)14/h4,6,10-11H,3,5,7-9,14H2,1-2H3. The second-order valence-electron chi connectivity index (χ2n) is 4.90. The molecule has 2 atom stereocenters. The molecule has 0 amide bonds. The van der Waals surface area contributed by atoms with E-state index in [-0.39, 0.29) is 6.04 Å². The van der Waals surface area contributed by atoms with Crippen molar-refractivity contribution < 1.29 is 4.74 Å². The number of aromatic nitrogens is 2. The number of anilines is 1. The van der Waals surface area contributed by atoms with Crippen LogP contribution in [0.5, 0.6) is 5.88 Å². The van der Waals surface area contributed by atoms with E-state index in [0.717, 1.165) is 31.9 Å². The average molecular weight is 250 g/mol. The van der Waals surface area contributed by atoms with Gasteiger partial charge in [0.05, 0.1) is 6.61 Å². The van der Waals surface area contributed by atoms with E-state index in [1.807, 2.05) is 0 Å². The summed E-state index contributed by atoms with van der Waals surface area (Å²) in [6.07, 6.45) is 3.85. The molecule has 0 saturated carbocycles. The molecule has 0 aliphatic carbocycles. The molecular weight excluding hydrogens is 228 g/mol. The Balaban J connectivity index is 2.01. The summed E-state index contributed by atoms with van der Waals surface area (Å²) in [5.74, 6) is 1.95. The molecule has 1 aliphatic heterocycles. The van der Waals surface area contributed by atoms with E-state index in [2.05, 4.69) is 28.7 Å². The molecule has 18 heavy (non-hydrogen) atoms. The zero-order valence-electron chi connectivity index (χ0n) is 11.2. The molecule has 5 heteroatoms. The van der Waals surface area contributed by atoms with Crippen molar-refractivity contribution in [3.8, 4) is 5.88 Å².